The second-order valence-electron chi connectivity index (χ2n) is 8.50. The molecule has 0 aromatic carbocycles. The molecule has 0 aromatic rings. The van der Waals surface area contributed by atoms with Crippen LogP contribution >= 0.6 is 0 Å². The van der Waals surface area contributed by atoms with E-state index in [1.807, 2.05) is 7.05 Å². The third-order valence-corrected chi connectivity index (χ3v) is 7.23. The van der Waals surface area contributed by atoms with Crippen LogP contribution in [0.3, 0.4) is 0 Å². The molecular formula is C21H40N4O. The van der Waals surface area contributed by atoms with Crippen LogP contribution in [-0.2, 0) is 4.74 Å². The van der Waals surface area contributed by atoms with Crippen molar-refractivity contribution in [2.24, 2.45) is 16.8 Å². The molecule has 0 saturated carbocycles. The van der Waals surface area contributed by atoms with Crippen molar-refractivity contribution in [1.82, 2.24) is 15.1 Å². The summed E-state index contributed by atoms with van der Waals surface area (Å²) in [5, 5.41) is 3.77. The zero-order valence-corrected chi connectivity index (χ0v) is 17.3. The highest BCUT2D eigenvalue weighted by Gasteiger charge is 2.40. The molecular weight excluding hydrogens is 324 g/mol. The Bertz CT molecular complexity index is 451. The van der Waals surface area contributed by atoms with E-state index in [0.29, 0.717) is 0 Å². The molecule has 5 nitrogen and oxygen atoms in total. The molecule has 0 spiro atoms. The van der Waals surface area contributed by atoms with Crippen LogP contribution in [0.5, 0.6) is 0 Å². The summed E-state index contributed by atoms with van der Waals surface area (Å²) in [6.45, 7) is 12.3. The Morgan fingerprint density at radius 2 is 1.85 bits per heavy atom. The third-order valence-electron chi connectivity index (χ3n) is 7.23. The SMILES string of the molecule is CCC(CC)C1CCN(C(=NC)NCC2(N3CCCC3)CCOCC2)C1. The van der Waals surface area contributed by atoms with E-state index in [2.05, 4.69) is 34.0 Å². The Balaban J connectivity index is 1.59. The van der Waals surface area contributed by atoms with E-state index in [9.17, 15) is 0 Å². The van der Waals surface area contributed by atoms with Crippen LogP contribution in [0.25, 0.3) is 0 Å². The molecule has 3 saturated heterocycles. The monoisotopic (exact) mass is 364 g/mol. The van der Waals surface area contributed by atoms with Crippen LogP contribution in [-0.4, -0.2) is 74.3 Å². The van der Waals surface area contributed by atoms with E-state index >= 15 is 0 Å². The minimum atomic E-state index is 0.263. The average Bonchev–Trinajstić information content (AvgIpc) is 3.37. The molecule has 3 aliphatic heterocycles. The largest absolute Gasteiger partial charge is 0.381 e. The van der Waals surface area contributed by atoms with E-state index in [1.54, 1.807) is 0 Å². The van der Waals surface area contributed by atoms with Crippen LogP contribution in [0.15, 0.2) is 4.99 Å². The molecule has 150 valence electrons. The number of guanidine groups is 1. The Morgan fingerprint density at radius 3 is 2.46 bits per heavy atom. The average molecular weight is 365 g/mol. The number of rotatable bonds is 6. The molecule has 0 bridgehead atoms. The van der Waals surface area contributed by atoms with Crippen LogP contribution in [0, 0.1) is 11.8 Å². The Labute approximate surface area is 160 Å². The normalized spacial score (nSPS) is 27.5. The molecule has 0 radical (unpaired) electrons. The topological polar surface area (TPSA) is 40.1 Å². The molecule has 26 heavy (non-hydrogen) atoms. The van der Waals surface area contributed by atoms with Crippen molar-refractivity contribution < 1.29 is 4.74 Å². The quantitative estimate of drug-likeness (QED) is 0.581. The van der Waals surface area contributed by atoms with Gasteiger partial charge in [0.1, 0.15) is 0 Å². The van der Waals surface area contributed by atoms with E-state index in [1.165, 1.54) is 51.7 Å². The lowest BCUT2D eigenvalue weighted by Gasteiger charge is -2.45. The third kappa shape index (κ3) is 4.36. The van der Waals surface area contributed by atoms with Crippen LogP contribution in [0.4, 0.5) is 0 Å². The number of hydrogen-bond acceptors (Lipinski definition) is 3. The van der Waals surface area contributed by atoms with Gasteiger partial charge in [0.25, 0.3) is 0 Å². The van der Waals surface area contributed by atoms with Gasteiger partial charge in [-0.15, -0.1) is 0 Å². The number of ether oxygens (including phenoxy) is 1. The molecule has 3 fully saturated rings. The van der Waals surface area contributed by atoms with E-state index in [0.717, 1.165) is 56.9 Å². The fraction of sp³-hybridized carbons (Fsp3) is 0.952. The Morgan fingerprint density at radius 1 is 1.15 bits per heavy atom. The molecule has 5 heteroatoms. The minimum absolute atomic E-state index is 0.263. The number of hydrogen-bond donors (Lipinski definition) is 1. The fourth-order valence-electron chi connectivity index (χ4n) is 5.44. The van der Waals surface area contributed by atoms with Gasteiger partial charge >= 0.3 is 0 Å². The molecule has 3 aliphatic rings. The van der Waals surface area contributed by atoms with Gasteiger partial charge in [-0.2, -0.15) is 0 Å². The van der Waals surface area contributed by atoms with Crippen molar-refractivity contribution in [3.05, 3.63) is 0 Å². The summed E-state index contributed by atoms with van der Waals surface area (Å²) in [7, 11) is 1.94. The van der Waals surface area contributed by atoms with Crippen LogP contribution in [0.1, 0.15) is 58.8 Å². The maximum absolute atomic E-state index is 5.69. The van der Waals surface area contributed by atoms with Gasteiger partial charge in [-0.3, -0.25) is 9.89 Å². The summed E-state index contributed by atoms with van der Waals surface area (Å²) in [6, 6.07) is 0. The van der Waals surface area contributed by atoms with Crippen LogP contribution in [0.2, 0.25) is 0 Å². The molecule has 0 aromatic heterocycles. The number of nitrogens with zero attached hydrogens (tertiary/aromatic N) is 3. The lowest BCUT2D eigenvalue weighted by Crippen LogP contribution is -2.58. The zero-order chi connectivity index (χ0) is 18.4. The summed E-state index contributed by atoms with van der Waals surface area (Å²) in [4.78, 5) is 9.87. The van der Waals surface area contributed by atoms with E-state index < -0.39 is 0 Å². The van der Waals surface area contributed by atoms with Crippen molar-refractivity contribution in [2.45, 2.75) is 64.3 Å². The summed E-state index contributed by atoms with van der Waals surface area (Å²) >= 11 is 0. The molecule has 1 atom stereocenters. The fourth-order valence-corrected chi connectivity index (χ4v) is 5.44. The molecule has 3 rings (SSSR count). The standard InChI is InChI=1S/C21H40N4O/c1-4-18(5-2)19-8-13-24(16-19)20(22-3)23-17-21(9-14-26-15-10-21)25-11-6-7-12-25/h18-19H,4-17H2,1-3H3,(H,22,23). The van der Waals surface area contributed by atoms with Gasteiger partial charge < -0.3 is 15.0 Å². The minimum Gasteiger partial charge on any atom is -0.381 e. The first-order valence-corrected chi connectivity index (χ1v) is 11.0. The summed E-state index contributed by atoms with van der Waals surface area (Å²) < 4.78 is 5.69. The first kappa shape index (κ1) is 19.9. The maximum atomic E-state index is 5.69. The lowest BCUT2D eigenvalue weighted by atomic mass is 9.87. The van der Waals surface area contributed by atoms with Gasteiger partial charge in [0, 0.05) is 45.4 Å². The first-order chi connectivity index (χ1) is 12.7. The lowest BCUT2D eigenvalue weighted by molar-refractivity contribution is -0.0166. The second-order valence-corrected chi connectivity index (χ2v) is 8.50. The second kappa shape index (κ2) is 9.41. The van der Waals surface area contributed by atoms with E-state index in [4.69, 9.17) is 4.74 Å². The smallest absolute Gasteiger partial charge is 0.193 e. The van der Waals surface area contributed by atoms with Crippen molar-refractivity contribution in [2.75, 3.05) is 53.0 Å². The number of likely N-dealkylation sites (tertiary alicyclic amines) is 2. The highest BCUT2D eigenvalue weighted by atomic mass is 16.5. The first-order valence-electron chi connectivity index (χ1n) is 11.0. The van der Waals surface area contributed by atoms with Crippen molar-refractivity contribution in [3.63, 3.8) is 0 Å². The van der Waals surface area contributed by atoms with Gasteiger partial charge in [0.2, 0.25) is 0 Å². The zero-order valence-electron chi connectivity index (χ0n) is 17.3. The summed E-state index contributed by atoms with van der Waals surface area (Å²) in [5.41, 5.74) is 0.263. The molecule has 0 amide bonds. The Hall–Kier alpha value is -0.810. The summed E-state index contributed by atoms with van der Waals surface area (Å²) in [6.07, 6.45) is 8.91. The molecule has 1 N–H and O–H groups in total. The van der Waals surface area contributed by atoms with Crippen molar-refractivity contribution >= 4 is 5.96 Å². The van der Waals surface area contributed by atoms with Gasteiger partial charge in [0.05, 0.1) is 0 Å². The number of nitrogens with one attached hydrogen (secondary N) is 1. The highest BCUT2D eigenvalue weighted by Crippen LogP contribution is 2.32. The van der Waals surface area contributed by atoms with Crippen molar-refractivity contribution in [1.29, 1.82) is 0 Å². The molecule has 3 heterocycles. The van der Waals surface area contributed by atoms with Gasteiger partial charge in [0.15, 0.2) is 5.96 Å². The highest BCUT2D eigenvalue weighted by molar-refractivity contribution is 5.80. The summed E-state index contributed by atoms with van der Waals surface area (Å²) in [5.74, 6) is 2.81. The Kier molecular flexibility index (Phi) is 7.21. The van der Waals surface area contributed by atoms with Gasteiger partial charge in [-0.1, -0.05) is 26.7 Å². The van der Waals surface area contributed by atoms with E-state index in [-0.39, 0.29) is 5.54 Å². The van der Waals surface area contributed by atoms with Crippen molar-refractivity contribution in [3.8, 4) is 0 Å². The predicted octanol–water partition coefficient (Wildman–Crippen LogP) is 2.96. The van der Waals surface area contributed by atoms with Crippen LogP contribution < -0.4 is 5.32 Å². The molecule has 1 unspecified atom stereocenters. The maximum Gasteiger partial charge on any atom is 0.193 e. The molecule has 0 aliphatic carbocycles. The van der Waals surface area contributed by atoms with Gasteiger partial charge in [-0.05, 0) is 57.0 Å². The van der Waals surface area contributed by atoms with Gasteiger partial charge in [-0.25, -0.2) is 0 Å². The predicted molar refractivity (Wildman–Crippen MR) is 109 cm³/mol. The number of aliphatic imine (C=N–C) groups is 1.